The van der Waals surface area contributed by atoms with Crippen LogP contribution in [0.5, 0.6) is 0 Å². The highest BCUT2D eigenvalue weighted by Gasteiger charge is 2.28. The molecule has 0 aromatic carbocycles. The maximum Gasteiger partial charge on any atom is 0.306 e. The van der Waals surface area contributed by atoms with Gasteiger partial charge < -0.3 is 5.11 Å². The Morgan fingerprint density at radius 3 is 2.33 bits per heavy atom. The Labute approximate surface area is 74.0 Å². The molecule has 0 radical (unpaired) electrons. The highest BCUT2D eigenvalue weighted by Crippen LogP contribution is 2.34. The van der Waals surface area contributed by atoms with Crippen molar-refractivity contribution in [2.45, 2.75) is 39.5 Å². The lowest BCUT2D eigenvalue weighted by molar-refractivity contribution is -0.144. The van der Waals surface area contributed by atoms with Gasteiger partial charge in [-0.05, 0) is 18.3 Å². The average Bonchev–Trinajstić information content (AvgIpc) is 1.82. The van der Waals surface area contributed by atoms with Crippen LogP contribution in [0.15, 0.2) is 0 Å². The molecule has 1 aliphatic rings. The predicted molar refractivity (Wildman–Crippen MR) is 47.9 cm³/mol. The van der Waals surface area contributed by atoms with Gasteiger partial charge in [-0.1, -0.05) is 33.1 Å². The van der Waals surface area contributed by atoms with Crippen LogP contribution in [0.4, 0.5) is 0 Å². The van der Waals surface area contributed by atoms with Gasteiger partial charge in [0.05, 0.1) is 5.92 Å². The molecule has 1 fully saturated rings. The highest BCUT2D eigenvalue weighted by molar-refractivity contribution is 5.70. The first kappa shape index (κ1) is 9.56. The fourth-order valence-electron chi connectivity index (χ4n) is 1.75. The lowest BCUT2D eigenvalue weighted by atomic mass is 9.76. The van der Waals surface area contributed by atoms with Gasteiger partial charge >= 0.3 is 5.97 Å². The van der Waals surface area contributed by atoms with Crippen LogP contribution in [-0.2, 0) is 4.79 Å². The number of hydrogen-bond donors (Lipinski definition) is 1. The zero-order valence-electron chi connectivity index (χ0n) is 7.92. The van der Waals surface area contributed by atoms with Crippen LogP contribution >= 0.6 is 0 Å². The van der Waals surface area contributed by atoms with Crippen LogP contribution in [0.25, 0.3) is 0 Å². The van der Waals surface area contributed by atoms with E-state index < -0.39 is 5.97 Å². The first-order valence-electron chi connectivity index (χ1n) is 4.84. The molecule has 0 bridgehead atoms. The lowest BCUT2D eigenvalue weighted by Gasteiger charge is -2.29. The SMILES string of the molecule is CC(C)C(CC1CCC1)C(=O)O. The molecule has 0 aromatic heterocycles. The molecule has 0 spiro atoms. The van der Waals surface area contributed by atoms with Crippen LogP contribution in [-0.4, -0.2) is 11.1 Å². The maximum absolute atomic E-state index is 10.8. The van der Waals surface area contributed by atoms with Gasteiger partial charge in [0, 0.05) is 0 Å². The van der Waals surface area contributed by atoms with Crippen molar-refractivity contribution in [3.63, 3.8) is 0 Å². The molecule has 1 aliphatic carbocycles. The number of carbonyl (C=O) groups is 1. The quantitative estimate of drug-likeness (QED) is 0.704. The van der Waals surface area contributed by atoms with Gasteiger partial charge in [-0.15, -0.1) is 0 Å². The Morgan fingerprint density at radius 1 is 1.50 bits per heavy atom. The summed E-state index contributed by atoms with van der Waals surface area (Å²) in [5.74, 6) is 0.254. The summed E-state index contributed by atoms with van der Waals surface area (Å²) in [4.78, 5) is 10.8. The molecular weight excluding hydrogens is 152 g/mol. The summed E-state index contributed by atoms with van der Waals surface area (Å²) in [5, 5.41) is 8.91. The number of carboxylic acid groups (broad SMARTS) is 1. The van der Waals surface area contributed by atoms with Crippen LogP contribution < -0.4 is 0 Å². The summed E-state index contributed by atoms with van der Waals surface area (Å²) in [5.41, 5.74) is 0. The molecule has 0 aliphatic heterocycles. The van der Waals surface area contributed by atoms with E-state index >= 15 is 0 Å². The average molecular weight is 170 g/mol. The van der Waals surface area contributed by atoms with Gasteiger partial charge in [-0.25, -0.2) is 0 Å². The Balaban J connectivity index is 2.36. The van der Waals surface area contributed by atoms with Crippen molar-refractivity contribution in [2.24, 2.45) is 17.8 Å². The van der Waals surface area contributed by atoms with Crippen molar-refractivity contribution in [3.8, 4) is 0 Å². The van der Waals surface area contributed by atoms with E-state index in [9.17, 15) is 4.79 Å². The van der Waals surface area contributed by atoms with E-state index in [4.69, 9.17) is 5.11 Å². The van der Waals surface area contributed by atoms with Crippen molar-refractivity contribution < 1.29 is 9.90 Å². The normalized spacial score (nSPS) is 20.6. The number of hydrogen-bond acceptors (Lipinski definition) is 1. The molecule has 2 nitrogen and oxygen atoms in total. The van der Waals surface area contributed by atoms with E-state index in [0.29, 0.717) is 5.92 Å². The number of carboxylic acids is 1. The first-order chi connectivity index (χ1) is 5.61. The fraction of sp³-hybridized carbons (Fsp3) is 0.900. The van der Waals surface area contributed by atoms with Crippen LogP contribution in [0.1, 0.15) is 39.5 Å². The predicted octanol–water partition coefficient (Wildman–Crippen LogP) is 2.53. The molecule has 70 valence electrons. The Kier molecular flexibility index (Phi) is 3.12. The number of rotatable bonds is 4. The number of aliphatic carboxylic acids is 1. The van der Waals surface area contributed by atoms with Gasteiger partial charge in [0.15, 0.2) is 0 Å². The van der Waals surface area contributed by atoms with E-state index in [1.165, 1.54) is 19.3 Å². The van der Waals surface area contributed by atoms with Crippen molar-refractivity contribution in [3.05, 3.63) is 0 Å². The minimum Gasteiger partial charge on any atom is -0.481 e. The van der Waals surface area contributed by atoms with E-state index in [1.807, 2.05) is 13.8 Å². The Morgan fingerprint density at radius 2 is 2.08 bits per heavy atom. The summed E-state index contributed by atoms with van der Waals surface area (Å²) < 4.78 is 0. The van der Waals surface area contributed by atoms with Crippen molar-refractivity contribution in [1.29, 1.82) is 0 Å². The third-order valence-corrected chi connectivity index (χ3v) is 2.93. The summed E-state index contributed by atoms with van der Waals surface area (Å²) >= 11 is 0. The molecule has 0 heterocycles. The summed E-state index contributed by atoms with van der Waals surface area (Å²) in [6.45, 7) is 3.99. The van der Waals surface area contributed by atoms with Gasteiger partial charge in [0.25, 0.3) is 0 Å². The first-order valence-corrected chi connectivity index (χ1v) is 4.84. The molecule has 1 saturated carbocycles. The standard InChI is InChI=1S/C10H18O2/c1-7(2)9(10(11)12)6-8-4-3-5-8/h7-9H,3-6H2,1-2H3,(H,11,12). The van der Waals surface area contributed by atoms with Crippen molar-refractivity contribution in [2.75, 3.05) is 0 Å². The second kappa shape index (κ2) is 3.92. The lowest BCUT2D eigenvalue weighted by Crippen LogP contribution is -2.25. The second-order valence-electron chi connectivity index (χ2n) is 4.22. The van der Waals surface area contributed by atoms with E-state index in [2.05, 4.69) is 0 Å². The van der Waals surface area contributed by atoms with E-state index in [1.54, 1.807) is 0 Å². The summed E-state index contributed by atoms with van der Waals surface area (Å²) in [7, 11) is 0. The molecular formula is C10H18O2. The summed E-state index contributed by atoms with van der Waals surface area (Å²) in [6.07, 6.45) is 4.69. The second-order valence-corrected chi connectivity index (χ2v) is 4.22. The minimum absolute atomic E-state index is 0.115. The Hall–Kier alpha value is -0.530. The molecule has 2 heteroatoms. The summed E-state index contributed by atoms with van der Waals surface area (Å²) in [6, 6.07) is 0. The van der Waals surface area contributed by atoms with Gasteiger partial charge in [0.1, 0.15) is 0 Å². The smallest absolute Gasteiger partial charge is 0.306 e. The van der Waals surface area contributed by atoms with E-state index in [0.717, 1.165) is 6.42 Å². The Bertz CT molecular complexity index is 159. The maximum atomic E-state index is 10.8. The topological polar surface area (TPSA) is 37.3 Å². The van der Waals surface area contributed by atoms with Crippen molar-refractivity contribution in [1.82, 2.24) is 0 Å². The van der Waals surface area contributed by atoms with Gasteiger partial charge in [-0.2, -0.15) is 0 Å². The molecule has 1 rings (SSSR count). The fourth-order valence-corrected chi connectivity index (χ4v) is 1.75. The molecule has 0 aromatic rings. The van der Waals surface area contributed by atoms with E-state index in [-0.39, 0.29) is 11.8 Å². The molecule has 1 N–H and O–H groups in total. The minimum atomic E-state index is -0.614. The third-order valence-electron chi connectivity index (χ3n) is 2.93. The molecule has 1 unspecified atom stereocenters. The van der Waals surface area contributed by atoms with Crippen LogP contribution in [0.3, 0.4) is 0 Å². The third kappa shape index (κ3) is 2.23. The monoisotopic (exact) mass is 170 g/mol. The van der Waals surface area contributed by atoms with Crippen LogP contribution in [0, 0.1) is 17.8 Å². The molecule has 0 amide bonds. The van der Waals surface area contributed by atoms with Gasteiger partial charge in [0.2, 0.25) is 0 Å². The largest absolute Gasteiger partial charge is 0.481 e. The van der Waals surface area contributed by atoms with Gasteiger partial charge in [-0.3, -0.25) is 4.79 Å². The van der Waals surface area contributed by atoms with Crippen LogP contribution in [0.2, 0.25) is 0 Å². The molecule has 12 heavy (non-hydrogen) atoms. The molecule has 0 saturated heterocycles. The zero-order valence-corrected chi connectivity index (χ0v) is 7.92. The molecule has 1 atom stereocenters. The zero-order chi connectivity index (χ0) is 9.14. The highest BCUT2D eigenvalue weighted by atomic mass is 16.4. The van der Waals surface area contributed by atoms with Crippen molar-refractivity contribution >= 4 is 5.97 Å².